The molecule has 6 heteroatoms. The number of amides is 1. The number of hydrogen-bond donors (Lipinski definition) is 3. The number of fused-ring (bicyclic) bond motifs is 1. The maximum atomic E-state index is 13.1. The minimum Gasteiger partial charge on any atom is -0.481 e. The fourth-order valence-electron chi connectivity index (χ4n) is 2.70. The number of nitrogens with one attached hydrogen (secondary N) is 2. The maximum absolute atomic E-state index is 13.1. The Labute approximate surface area is 140 Å². The zero-order chi connectivity index (χ0) is 17.4. The van der Waals surface area contributed by atoms with Crippen molar-refractivity contribution < 1.29 is 19.1 Å². The Balaban J connectivity index is 1.63. The fraction of sp³-hybridized carbons (Fsp3) is 0.444. The van der Waals surface area contributed by atoms with Crippen LogP contribution in [0.1, 0.15) is 44.1 Å². The molecule has 0 saturated carbocycles. The second-order valence-corrected chi connectivity index (χ2v) is 5.94. The predicted octanol–water partition coefficient (Wildman–Crippen LogP) is 3.39. The van der Waals surface area contributed by atoms with Crippen LogP contribution in [0.15, 0.2) is 24.4 Å². The molecule has 0 spiro atoms. The molecule has 0 atom stereocenters. The number of aliphatic carboxylic acids is 1. The van der Waals surface area contributed by atoms with E-state index in [2.05, 4.69) is 10.3 Å². The van der Waals surface area contributed by atoms with E-state index < -0.39 is 5.97 Å². The van der Waals surface area contributed by atoms with Crippen LogP contribution in [0.4, 0.5) is 4.39 Å². The van der Waals surface area contributed by atoms with E-state index in [9.17, 15) is 14.0 Å². The number of unbranched alkanes of at least 4 members (excludes halogenated alkanes) is 4. The molecule has 0 unspecified atom stereocenters. The molecule has 3 N–H and O–H groups in total. The maximum Gasteiger partial charge on any atom is 0.303 e. The van der Waals surface area contributed by atoms with Crippen molar-refractivity contribution in [2.24, 2.45) is 0 Å². The largest absolute Gasteiger partial charge is 0.481 e. The van der Waals surface area contributed by atoms with Gasteiger partial charge in [0, 0.05) is 30.1 Å². The van der Waals surface area contributed by atoms with Gasteiger partial charge in [0.2, 0.25) is 5.91 Å². The van der Waals surface area contributed by atoms with Gasteiger partial charge in [-0.05, 0) is 36.6 Å². The van der Waals surface area contributed by atoms with Gasteiger partial charge in [-0.3, -0.25) is 9.59 Å². The van der Waals surface area contributed by atoms with E-state index in [0.717, 1.165) is 36.6 Å². The molecule has 1 aromatic carbocycles. The standard InChI is InChI=1S/C18H23FN2O3/c19-14-7-8-15-13(12-21-16(15)11-14)10-17(22)20-9-5-3-1-2-4-6-18(23)24/h7-8,11-12,21H,1-6,9-10H2,(H,20,22)(H,23,24). The minimum absolute atomic E-state index is 0.0499. The molecule has 0 aliphatic heterocycles. The number of carbonyl (C=O) groups excluding carboxylic acids is 1. The van der Waals surface area contributed by atoms with Gasteiger partial charge in [-0.25, -0.2) is 4.39 Å². The third-order valence-corrected chi connectivity index (χ3v) is 3.97. The van der Waals surface area contributed by atoms with Gasteiger partial charge in [0.25, 0.3) is 0 Å². The molecule has 1 amide bonds. The van der Waals surface area contributed by atoms with Crippen molar-refractivity contribution in [2.75, 3.05) is 6.54 Å². The zero-order valence-electron chi connectivity index (χ0n) is 13.6. The number of halogens is 1. The molecule has 1 heterocycles. The molecule has 0 bridgehead atoms. The molecule has 0 aliphatic carbocycles. The van der Waals surface area contributed by atoms with Crippen molar-refractivity contribution in [1.82, 2.24) is 10.3 Å². The Kier molecular flexibility index (Phi) is 6.78. The molecule has 1 aromatic heterocycles. The first-order valence-electron chi connectivity index (χ1n) is 8.30. The number of aromatic amines is 1. The second-order valence-electron chi connectivity index (χ2n) is 5.94. The zero-order valence-corrected chi connectivity index (χ0v) is 13.6. The van der Waals surface area contributed by atoms with Gasteiger partial charge in [-0.2, -0.15) is 0 Å². The van der Waals surface area contributed by atoms with Gasteiger partial charge in [0.05, 0.1) is 6.42 Å². The number of H-pyrrole nitrogens is 1. The fourth-order valence-corrected chi connectivity index (χ4v) is 2.70. The van der Waals surface area contributed by atoms with Gasteiger partial charge >= 0.3 is 5.97 Å². The van der Waals surface area contributed by atoms with Crippen LogP contribution in [0.3, 0.4) is 0 Å². The van der Waals surface area contributed by atoms with E-state index in [4.69, 9.17) is 5.11 Å². The Morgan fingerprint density at radius 3 is 2.67 bits per heavy atom. The number of rotatable bonds is 10. The molecule has 5 nitrogen and oxygen atoms in total. The number of hydrogen-bond acceptors (Lipinski definition) is 2. The average molecular weight is 334 g/mol. The van der Waals surface area contributed by atoms with Crippen LogP contribution in [0, 0.1) is 5.82 Å². The third kappa shape index (κ3) is 5.68. The lowest BCUT2D eigenvalue weighted by atomic mass is 10.1. The van der Waals surface area contributed by atoms with E-state index in [-0.39, 0.29) is 24.6 Å². The Morgan fingerprint density at radius 1 is 1.12 bits per heavy atom. The Hall–Kier alpha value is -2.37. The molecular formula is C18H23FN2O3. The Morgan fingerprint density at radius 2 is 1.88 bits per heavy atom. The summed E-state index contributed by atoms with van der Waals surface area (Å²) in [5.74, 6) is -1.10. The van der Waals surface area contributed by atoms with Crippen molar-refractivity contribution >= 4 is 22.8 Å². The molecule has 2 aromatic rings. The normalized spacial score (nSPS) is 10.9. The highest BCUT2D eigenvalue weighted by atomic mass is 19.1. The van der Waals surface area contributed by atoms with E-state index in [1.54, 1.807) is 12.3 Å². The highest BCUT2D eigenvalue weighted by Gasteiger charge is 2.09. The molecule has 2 rings (SSSR count). The minimum atomic E-state index is -0.748. The number of benzene rings is 1. The average Bonchev–Trinajstić information content (AvgIpc) is 2.91. The van der Waals surface area contributed by atoms with Crippen LogP contribution in [-0.4, -0.2) is 28.5 Å². The van der Waals surface area contributed by atoms with Gasteiger partial charge in [0.1, 0.15) is 5.82 Å². The quantitative estimate of drug-likeness (QED) is 0.583. The predicted molar refractivity (Wildman–Crippen MR) is 90.3 cm³/mol. The van der Waals surface area contributed by atoms with Gasteiger partial charge in [-0.1, -0.05) is 19.3 Å². The summed E-state index contributed by atoms with van der Waals surface area (Å²) in [5, 5.41) is 12.3. The molecular weight excluding hydrogens is 311 g/mol. The van der Waals surface area contributed by atoms with Crippen LogP contribution >= 0.6 is 0 Å². The Bertz CT molecular complexity index is 697. The van der Waals surface area contributed by atoms with Gasteiger partial charge in [0.15, 0.2) is 0 Å². The van der Waals surface area contributed by atoms with Crippen LogP contribution in [-0.2, 0) is 16.0 Å². The summed E-state index contributed by atoms with van der Waals surface area (Å²) in [6.07, 6.45) is 6.71. The van der Waals surface area contributed by atoms with Crippen LogP contribution in [0.2, 0.25) is 0 Å². The third-order valence-electron chi connectivity index (χ3n) is 3.97. The van der Waals surface area contributed by atoms with E-state index in [0.29, 0.717) is 18.5 Å². The molecule has 0 saturated heterocycles. The van der Waals surface area contributed by atoms with E-state index in [1.165, 1.54) is 12.1 Å². The van der Waals surface area contributed by atoms with Crippen molar-refractivity contribution in [3.8, 4) is 0 Å². The monoisotopic (exact) mass is 334 g/mol. The van der Waals surface area contributed by atoms with E-state index in [1.807, 2.05) is 0 Å². The number of aromatic nitrogens is 1. The highest BCUT2D eigenvalue weighted by Crippen LogP contribution is 2.19. The highest BCUT2D eigenvalue weighted by molar-refractivity contribution is 5.88. The summed E-state index contributed by atoms with van der Waals surface area (Å²) in [7, 11) is 0. The molecule has 130 valence electrons. The van der Waals surface area contributed by atoms with Crippen molar-refractivity contribution in [2.45, 2.75) is 44.9 Å². The summed E-state index contributed by atoms with van der Waals surface area (Å²) < 4.78 is 13.1. The van der Waals surface area contributed by atoms with Crippen LogP contribution < -0.4 is 5.32 Å². The SMILES string of the molecule is O=C(O)CCCCCCCNC(=O)Cc1c[nH]c2cc(F)ccc12. The first-order chi connectivity index (χ1) is 11.6. The molecule has 0 aliphatic rings. The summed E-state index contributed by atoms with van der Waals surface area (Å²) in [6.45, 7) is 0.620. The van der Waals surface area contributed by atoms with Gasteiger partial charge in [-0.15, -0.1) is 0 Å². The van der Waals surface area contributed by atoms with Crippen molar-refractivity contribution in [3.63, 3.8) is 0 Å². The summed E-state index contributed by atoms with van der Waals surface area (Å²) >= 11 is 0. The lowest BCUT2D eigenvalue weighted by Gasteiger charge is -2.05. The first-order valence-corrected chi connectivity index (χ1v) is 8.30. The lowest BCUT2D eigenvalue weighted by Crippen LogP contribution is -2.25. The first kappa shape index (κ1) is 18.0. The molecule has 24 heavy (non-hydrogen) atoms. The van der Waals surface area contributed by atoms with Crippen molar-refractivity contribution in [3.05, 3.63) is 35.8 Å². The lowest BCUT2D eigenvalue weighted by molar-refractivity contribution is -0.137. The number of carbonyl (C=O) groups is 2. The summed E-state index contributed by atoms with van der Waals surface area (Å²) in [6, 6.07) is 4.49. The number of carboxylic acid groups (broad SMARTS) is 1. The van der Waals surface area contributed by atoms with Gasteiger partial charge < -0.3 is 15.4 Å². The summed E-state index contributed by atoms with van der Waals surface area (Å²) in [4.78, 5) is 25.3. The number of carboxylic acids is 1. The van der Waals surface area contributed by atoms with Crippen LogP contribution in [0.5, 0.6) is 0 Å². The van der Waals surface area contributed by atoms with E-state index >= 15 is 0 Å². The second kappa shape index (κ2) is 9.05. The summed E-state index contributed by atoms with van der Waals surface area (Å²) in [5.41, 5.74) is 1.55. The molecule has 0 fully saturated rings. The van der Waals surface area contributed by atoms with Crippen molar-refractivity contribution in [1.29, 1.82) is 0 Å². The van der Waals surface area contributed by atoms with Crippen LogP contribution in [0.25, 0.3) is 10.9 Å². The molecule has 0 radical (unpaired) electrons. The topological polar surface area (TPSA) is 82.2 Å². The smallest absolute Gasteiger partial charge is 0.303 e.